The zero-order valence-electron chi connectivity index (χ0n) is 13.4. The van der Waals surface area contributed by atoms with Gasteiger partial charge in [-0.05, 0) is 30.3 Å². The Hall–Kier alpha value is -3.16. The topological polar surface area (TPSA) is 83.3 Å². The fraction of sp³-hybridized carbons (Fsp3) is 0.250. The van der Waals surface area contributed by atoms with E-state index in [1.165, 1.54) is 12.1 Å². The molecule has 1 heterocycles. The fourth-order valence-electron chi connectivity index (χ4n) is 2.30. The monoisotopic (exact) mass is 391 g/mol. The van der Waals surface area contributed by atoms with Gasteiger partial charge in [0, 0.05) is 5.69 Å². The Bertz CT molecular complexity index is 880. The average molecular weight is 391 g/mol. The van der Waals surface area contributed by atoms with Crippen molar-refractivity contribution >= 4 is 11.6 Å². The van der Waals surface area contributed by atoms with Gasteiger partial charge >= 0.3 is 12.4 Å². The Kier molecular flexibility index (Phi) is 5.39. The molecule has 0 fully saturated rings. The lowest BCUT2D eigenvalue weighted by atomic mass is 10.1. The molecular formula is C16H11F6N3O2. The zero-order valence-corrected chi connectivity index (χ0v) is 13.4. The van der Waals surface area contributed by atoms with Crippen LogP contribution in [0.5, 0.6) is 0 Å². The Balaban J connectivity index is 2.44. The molecule has 1 aromatic carbocycles. The van der Waals surface area contributed by atoms with Crippen LogP contribution in [-0.2, 0) is 12.7 Å². The van der Waals surface area contributed by atoms with Gasteiger partial charge in [-0.3, -0.25) is 4.79 Å². The smallest absolute Gasteiger partial charge is 0.417 e. The van der Waals surface area contributed by atoms with Crippen molar-refractivity contribution in [3.63, 3.8) is 0 Å². The molecular weight excluding hydrogens is 380 g/mol. The van der Waals surface area contributed by atoms with Crippen molar-refractivity contribution in [1.29, 1.82) is 5.26 Å². The largest absolute Gasteiger partial charge is 0.454 e. The molecule has 144 valence electrons. The van der Waals surface area contributed by atoms with Gasteiger partial charge in [0.1, 0.15) is 12.3 Å². The van der Waals surface area contributed by atoms with Crippen molar-refractivity contribution in [3.8, 4) is 6.07 Å². The summed E-state index contributed by atoms with van der Waals surface area (Å²) in [6, 6.07) is 5.91. The Morgan fingerprint density at radius 1 is 1.15 bits per heavy atom. The number of nitrogens with zero attached hydrogens (tertiary/aromatic N) is 2. The van der Waals surface area contributed by atoms with Crippen molar-refractivity contribution in [2.24, 2.45) is 5.73 Å². The third-order valence-corrected chi connectivity index (χ3v) is 3.42. The van der Waals surface area contributed by atoms with Crippen LogP contribution in [0.3, 0.4) is 0 Å². The second kappa shape index (κ2) is 7.22. The van der Waals surface area contributed by atoms with Gasteiger partial charge in [0.2, 0.25) is 0 Å². The predicted molar refractivity (Wildman–Crippen MR) is 80.5 cm³/mol. The summed E-state index contributed by atoms with van der Waals surface area (Å²) in [5.41, 5.74) is 2.50. The molecule has 0 radical (unpaired) electrons. The SMILES string of the molecule is N#Cc1ccc(N(Cc2ccc(C(N)=O)o2)CC(F)(F)F)cc1C(F)(F)F. The lowest BCUT2D eigenvalue weighted by Crippen LogP contribution is -2.34. The Labute approximate surface area is 148 Å². The number of halogens is 6. The lowest BCUT2D eigenvalue weighted by Gasteiger charge is -2.26. The summed E-state index contributed by atoms with van der Waals surface area (Å²) < 4.78 is 82.9. The second-order valence-electron chi connectivity index (χ2n) is 5.44. The maximum atomic E-state index is 13.1. The zero-order chi connectivity index (χ0) is 20.4. The van der Waals surface area contributed by atoms with E-state index in [9.17, 15) is 31.1 Å². The number of nitriles is 1. The van der Waals surface area contributed by atoms with E-state index in [2.05, 4.69) is 0 Å². The molecule has 0 aliphatic heterocycles. The molecule has 1 aromatic heterocycles. The van der Waals surface area contributed by atoms with Crippen LogP contribution in [-0.4, -0.2) is 18.6 Å². The first-order valence-corrected chi connectivity index (χ1v) is 7.22. The Morgan fingerprint density at radius 3 is 2.30 bits per heavy atom. The standard InChI is InChI=1S/C16H11F6N3O2/c17-15(18,19)8-25(7-11-3-4-13(27-11)14(24)26)10-2-1-9(6-23)12(5-10)16(20,21)22/h1-5H,7-8H2,(H2,24,26). The van der Waals surface area contributed by atoms with Gasteiger partial charge in [-0.1, -0.05) is 0 Å². The molecule has 2 N–H and O–H groups in total. The van der Waals surface area contributed by atoms with E-state index in [1.54, 1.807) is 0 Å². The molecule has 0 aliphatic rings. The highest BCUT2D eigenvalue weighted by Gasteiger charge is 2.36. The fourth-order valence-corrected chi connectivity index (χ4v) is 2.30. The minimum absolute atomic E-state index is 0.106. The van der Waals surface area contributed by atoms with E-state index in [-0.39, 0.29) is 11.5 Å². The molecule has 0 atom stereocenters. The molecule has 0 saturated heterocycles. The van der Waals surface area contributed by atoms with Gasteiger partial charge in [-0.2, -0.15) is 31.6 Å². The van der Waals surface area contributed by atoms with Crippen LogP contribution in [0.1, 0.15) is 27.4 Å². The maximum Gasteiger partial charge on any atom is 0.417 e. The molecule has 0 saturated carbocycles. The summed E-state index contributed by atoms with van der Waals surface area (Å²) in [5, 5.41) is 8.79. The first-order chi connectivity index (χ1) is 12.4. The van der Waals surface area contributed by atoms with Crippen LogP contribution in [0.2, 0.25) is 0 Å². The van der Waals surface area contributed by atoms with Gasteiger partial charge < -0.3 is 15.1 Å². The third kappa shape index (κ3) is 5.16. The van der Waals surface area contributed by atoms with E-state index in [1.807, 2.05) is 0 Å². The first kappa shape index (κ1) is 20.2. The maximum absolute atomic E-state index is 13.1. The minimum atomic E-state index is -4.92. The number of benzene rings is 1. The number of carbonyl (C=O) groups is 1. The predicted octanol–water partition coefficient (Wildman–Crippen LogP) is 3.84. The number of carbonyl (C=O) groups excluding carboxylic acids is 1. The van der Waals surface area contributed by atoms with E-state index < -0.39 is 48.2 Å². The number of primary amides is 1. The van der Waals surface area contributed by atoms with E-state index in [4.69, 9.17) is 15.4 Å². The summed E-state index contributed by atoms with van der Waals surface area (Å²) >= 11 is 0. The van der Waals surface area contributed by atoms with Gasteiger partial charge in [0.25, 0.3) is 5.91 Å². The van der Waals surface area contributed by atoms with Gasteiger partial charge in [-0.15, -0.1) is 0 Å². The molecule has 11 heteroatoms. The van der Waals surface area contributed by atoms with Crippen LogP contribution >= 0.6 is 0 Å². The number of furan rings is 1. The van der Waals surface area contributed by atoms with Crippen molar-refractivity contribution in [2.45, 2.75) is 18.9 Å². The quantitative estimate of drug-likeness (QED) is 0.785. The highest BCUT2D eigenvalue weighted by molar-refractivity contribution is 5.89. The molecule has 27 heavy (non-hydrogen) atoms. The van der Waals surface area contributed by atoms with Crippen LogP contribution in [0.4, 0.5) is 32.0 Å². The number of rotatable bonds is 5. The number of amides is 1. The van der Waals surface area contributed by atoms with Gasteiger partial charge in [-0.25, -0.2) is 0 Å². The summed E-state index contributed by atoms with van der Waals surface area (Å²) in [6.07, 6.45) is -9.65. The molecule has 5 nitrogen and oxygen atoms in total. The van der Waals surface area contributed by atoms with E-state index >= 15 is 0 Å². The number of hydrogen-bond acceptors (Lipinski definition) is 4. The van der Waals surface area contributed by atoms with Crippen LogP contribution in [0.15, 0.2) is 34.7 Å². The number of hydrogen-bond donors (Lipinski definition) is 1. The molecule has 1 amide bonds. The Morgan fingerprint density at radius 2 is 1.81 bits per heavy atom. The van der Waals surface area contributed by atoms with Crippen LogP contribution in [0.25, 0.3) is 0 Å². The average Bonchev–Trinajstić information content (AvgIpc) is 3.00. The van der Waals surface area contributed by atoms with Crippen molar-refractivity contribution in [2.75, 3.05) is 11.4 Å². The van der Waals surface area contributed by atoms with E-state index in [0.29, 0.717) is 11.0 Å². The van der Waals surface area contributed by atoms with E-state index in [0.717, 1.165) is 18.2 Å². The lowest BCUT2D eigenvalue weighted by molar-refractivity contribution is -0.137. The molecule has 0 unspecified atom stereocenters. The van der Waals surface area contributed by atoms with Gasteiger partial charge in [0.05, 0.1) is 23.7 Å². The molecule has 0 aliphatic carbocycles. The van der Waals surface area contributed by atoms with Crippen molar-refractivity contribution in [1.82, 2.24) is 0 Å². The minimum Gasteiger partial charge on any atom is -0.454 e. The van der Waals surface area contributed by atoms with Crippen LogP contribution < -0.4 is 10.6 Å². The number of nitrogens with two attached hydrogens (primary N) is 1. The molecule has 0 spiro atoms. The van der Waals surface area contributed by atoms with Crippen molar-refractivity contribution in [3.05, 3.63) is 53.0 Å². The highest BCUT2D eigenvalue weighted by Crippen LogP contribution is 2.35. The normalized spacial score (nSPS) is 11.9. The molecule has 0 bridgehead atoms. The molecule has 2 rings (SSSR count). The number of anilines is 1. The summed E-state index contributed by atoms with van der Waals surface area (Å²) in [5.74, 6) is -1.35. The van der Waals surface area contributed by atoms with Crippen molar-refractivity contribution < 1.29 is 35.6 Å². The third-order valence-electron chi connectivity index (χ3n) is 3.42. The number of alkyl halides is 6. The highest BCUT2D eigenvalue weighted by atomic mass is 19.4. The summed E-state index contributed by atoms with van der Waals surface area (Å²) in [4.78, 5) is 11.6. The van der Waals surface area contributed by atoms with Crippen LogP contribution in [0, 0.1) is 11.3 Å². The first-order valence-electron chi connectivity index (χ1n) is 7.22. The second-order valence-corrected chi connectivity index (χ2v) is 5.44. The molecule has 2 aromatic rings. The summed E-state index contributed by atoms with van der Waals surface area (Å²) in [7, 11) is 0. The summed E-state index contributed by atoms with van der Waals surface area (Å²) in [6.45, 7) is -2.15. The van der Waals surface area contributed by atoms with Gasteiger partial charge in [0.15, 0.2) is 5.76 Å².